The van der Waals surface area contributed by atoms with Crippen molar-refractivity contribution in [3.8, 4) is 11.5 Å². The van der Waals surface area contributed by atoms with Gasteiger partial charge in [-0.25, -0.2) is 0 Å². The van der Waals surface area contributed by atoms with Gasteiger partial charge in [0.25, 0.3) is 0 Å². The summed E-state index contributed by atoms with van der Waals surface area (Å²) < 4.78 is 17.2. The van der Waals surface area contributed by atoms with Gasteiger partial charge in [-0.2, -0.15) is 0 Å². The smallest absolute Gasteiger partial charge is 0.166 e. The van der Waals surface area contributed by atoms with E-state index in [-0.39, 0.29) is 6.10 Å². The Morgan fingerprint density at radius 2 is 2.27 bits per heavy atom. The predicted octanol–water partition coefficient (Wildman–Crippen LogP) is 2.41. The largest absolute Gasteiger partial charge is 0.493 e. The van der Waals surface area contributed by atoms with E-state index < -0.39 is 0 Å². The lowest BCUT2D eigenvalue weighted by Crippen LogP contribution is -2.19. The summed E-state index contributed by atoms with van der Waals surface area (Å²) >= 11 is 3.51. The average molecular weight is 273 g/mol. The fourth-order valence-electron chi connectivity index (χ4n) is 1.78. The third kappa shape index (κ3) is 1.96. The molecule has 4 heteroatoms. The number of methoxy groups -OCH3 is 2. The quantitative estimate of drug-likeness (QED) is 0.846. The lowest BCUT2D eigenvalue weighted by molar-refractivity contribution is 0.0935. The van der Waals surface area contributed by atoms with Crippen molar-refractivity contribution in [3.05, 3.63) is 22.2 Å². The summed E-state index contributed by atoms with van der Waals surface area (Å²) in [6.07, 6.45) is 0.957. The molecule has 1 heterocycles. The highest BCUT2D eigenvalue weighted by atomic mass is 79.9. The highest BCUT2D eigenvalue weighted by Gasteiger charge is 2.27. The number of ether oxygens (including phenoxy) is 3. The fraction of sp³-hybridized carbons (Fsp3) is 0.455. The minimum absolute atomic E-state index is 0.0950. The molecule has 2 rings (SSSR count). The second kappa shape index (κ2) is 4.41. The first kappa shape index (κ1) is 10.8. The van der Waals surface area contributed by atoms with Gasteiger partial charge in [0.15, 0.2) is 11.5 Å². The van der Waals surface area contributed by atoms with E-state index in [1.807, 2.05) is 12.1 Å². The molecule has 3 nitrogen and oxygen atoms in total. The van der Waals surface area contributed by atoms with Crippen molar-refractivity contribution in [2.75, 3.05) is 20.8 Å². The van der Waals surface area contributed by atoms with E-state index in [1.54, 1.807) is 14.2 Å². The molecule has 0 fully saturated rings. The van der Waals surface area contributed by atoms with Crippen LogP contribution in [-0.4, -0.2) is 26.9 Å². The van der Waals surface area contributed by atoms with Crippen LogP contribution in [0.15, 0.2) is 16.6 Å². The van der Waals surface area contributed by atoms with Crippen molar-refractivity contribution in [2.24, 2.45) is 0 Å². The molecule has 0 amide bonds. The van der Waals surface area contributed by atoms with Gasteiger partial charge in [-0.15, -0.1) is 0 Å². The topological polar surface area (TPSA) is 27.7 Å². The predicted molar refractivity (Wildman–Crippen MR) is 60.7 cm³/mol. The van der Waals surface area contributed by atoms with Gasteiger partial charge in [0.05, 0.1) is 13.7 Å². The molecule has 0 aromatic heterocycles. The maximum absolute atomic E-state index is 5.77. The average Bonchev–Trinajstić information content (AvgIpc) is 2.64. The van der Waals surface area contributed by atoms with Crippen molar-refractivity contribution in [1.82, 2.24) is 0 Å². The van der Waals surface area contributed by atoms with Crippen molar-refractivity contribution in [3.63, 3.8) is 0 Å². The second-order valence-electron chi connectivity index (χ2n) is 3.46. The molecule has 15 heavy (non-hydrogen) atoms. The Balaban J connectivity index is 2.30. The molecule has 0 spiro atoms. The van der Waals surface area contributed by atoms with Crippen LogP contribution in [0.3, 0.4) is 0 Å². The highest BCUT2D eigenvalue weighted by molar-refractivity contribution is 9.10. The molecule has 0 bridgehead atoms. The molecule has 1 aromatic rings. The molecule has 0 radical (unpaired) electrons. The first-order valence-electron chi connectivity index (χ1n) is 4.77. The molecule has 0 N–H and O–H groups in total. The fourth-order valence-corrected chi connectivity index (χ4v) is 2.25. The van der Waals surface area contributed by atoms with Gasteiger partial charge in [-0.3, -0.25) is 0 Å². The number of hydrogen-bond donors (Lipinski definition) is 0. The van der Waals surface area contributed by atoms with E-state index in [0.29, 0.717) is 6.61 Å². The third-order valence-corrected chi connectivity index (χ3v) is 3.20. The Morgan fingerprint density at radius 3 is 2.93 bits per heavy atom. The highest BCUT2D eigenvalue weighted by Crippen LogP contribution is 2.41. The zero-order valence-corrected chi connectivity index (χ0v) is 10.3. The Kier molecular flexibility index (Phi) is 3.17. The molecule has 0 saturated carbocycles. The molecule has 1 atom stereocenters. The van der Waals surface area contributed by atoms with Crippen LogP contribution in [0.25, 0.3) is 0 Å². The van der Waals surface area contributed by atoms with Crippen LogP contribution in [0.4, 0.5) is 0 Å². The Labute approximate surface area is 97.5 Å². The summed E-state index contributed by atoms with van der Waals surface area (Å²) in [6.45, 7) is 0.601. The molecular formula is C11H13BrO3. The molecule has 82 valence electrons. The van der Waals surface area contributed by atoms with Crippen molar-refractivity contribution >= 4 is 15.9 Å². The normalized spacial score (nSPS) is 18.5. The SMILES string of the molecule is COCC1Cc2c(Br)ccc(OC)c2O1. The number of fused-ring (bicyclic) bond motifs is 1. The first-order chi connectivity index (χ1) is 7.26. The molecule has 1 unspecified atom stereocenters. The summed E-state index contributed by atoms with van der Waals surface area (Å²) in [4.78, 5) is 0. The van der Waals surface area contributed by atoms with E-state index in [9.17, 15) is 0 Å². The Bertz CT molecular complexity index is 365. The maximum atomic E-state index is 5.77. The van der Waals surface area contributed by atoms with Crippen LogP contribution >= 0.6 is 15.9 Å². The maximum Gasteiger partial charge on any atom is 0.166 e. The molecular weight excluding hydrogens is 260 g/mol. The minimum atomic E-state index is 0.0950. The monoisotopic (exact) mass is 272 g/mol. The van der Waals surface area contributed by atoms with Gasteiger partial charge in [0.2, 0.25) is 0 Å². The van der Waals surface area contributed by atoms with Crippen LogP contribution < -0.4 is 9.47 Å². The van der Waals surface area contributed by atoms with Gasteiger partial charge >= 0.3 is 0 Å². The second-order valence-corrected chi connectivity index (χ2v) is 4.31. The summed E-state index contributed by atoms with van der Waals surface area (Å²) in [7, 11) is 3.33. The number of rotatable bonds is 3. The standard InChI is InChI=1S/C11H13BrO3/c1-13-6-7-5-8-9(12)3-4-10(14-2)11(8)15-7/h3-4,7H,5-6H2,1-2H3. The number of hydrogen-bond acceptors (Lipinski definition) is 3. The van der Waals surface area contributed by atoms with Crippen LogP contribution in [0, 0.1) is 0 Å². The Hall–Kier alpha value is -0.740. The van der Waals surface area contributed by atoms with E-state index >= 15 is 0 Å². The summed E-state index contributed by atoms with van der Waals surface area (Å²) in [5, 5.41) is 0. The number of halogens is 1. The van der Waals surface area contributed by atoms with E-state index in [0.717, 1.165) is 28.0 Å². The van der Waals surface area contributed by atoms with Gasteiger partial charge in [-0.1, -0.05) is 15.9 Å². The van der Waals surface area contributed by atoms with Crippen LogP contribution in [0.5, 0.6) is 11.5 Å². The van der Waals surface area contributed by atoms with Gasteiger partial charge in [0, 0.05) is 23.6 Å². The van der Waals surface area contributed by atoms with E-state index in [1.165, 1.54) is 0 Å². The third-order valence-electron chi connectivity index (χ3n) is 2.46. The summed E-state index contributed by atoms with van der Waals surface area (Å²) in [5.41, 5.74) is 1.16. The number of benzene rings is 1. The van der Waals surface area contributed by atoms with Gasteiger partial charge in [0.1, 0.15) is 6.10 Å². The Morgan fingerprint density at radius 1 is 1.47 bits per heavy atom. The summed E-state index contributed by atoms with van der Waals surface area (Å²) in [5.74, 6) is 1.63. The lowest BCUT2D eigenvalue weighted by atomic mass is 10.1. The van der Waals surface area contributed by atoms with Gasteiger partial charge in [-0.05, 0) is 12.1 Å². The molecule has 1 aliphatic rings. The van der Waals surface area contributed by atoms with Crippen molar-refractivity contribution < 1.29 is 14.2 Å². The molecule has 0 saturated heterocycles. The van der Waals surface area contributed by atoms with Gasteiger partial charge < -0.3 is 14.2 Å². The summed E-state index contributed by atoms with van der Waals surface area (Å²) in [6, 6.07) is 3.88. The van der Waals surface area contributed by atoms with E-state index in [4.69, 9.17) is 14.2 Å². The van der Waals surface area contributed by atoms with Crippen molar-refractivity contribution in [2.45, 2.75) is 12.5 Å². The molecule has 1 aliphatic heterocycles. The van der Waals surface area contributed by atoms with Crippen LogP contribution in [-0.2, 0) is 11.2 Å². The van der Waals surface area contributed by atoms with Crippen LogP contribution in [0.1, 0.15) is 5.56 Å². The first-order valence-corrected chi connectivity index (χ1v) is 5.56. The van der Waals surface area contributed by atoms with E-state index in [2.05, 4.69) is 15.9 Å². The van der Waals surface area contributed by atoms with Crippen LogP contribution in [0.2, 0.25) is 0 Å². The lowest BCUT2D eigenvalue weighted by Gasteiger charge is -2.10. The zero-order chi connectivity index (χ0) is 10.8. The minimum Gasteiger partial charge on any atom is -0.493 e. The molecule has 0 aliphatic carbocycles. The molecule has 1 aromatic carbocycles. The van der Waals surface area contributed by atoms with Crippen molar-refractivity contribution in [1.29, 1.82) is 0 Å². The zero-order valence-electron chi connectivity index (χ0n) is 8.75.